The number of likely N-dealkylation sites (N-methyl/N-ethyl adjacent to an activating group) is 1. The summed E-state index contributed by atoms with van der Waals surface area (Å²) in [7, 11) is 2.12. The molecule has 0 aromatic carbocycles. The number of fused-ring (bicyclic) bond motifs is 1. The van der Waals surface area contributed by atoms with Crippen LogP contribution < -0.4 is 5.32 Å². The minimum atomic E-state index is 0.424. The number of nitrogens with zero attached hydrogens (tertiary/aromatic N) is 1. The van der Waals surface area contributed by atoms with Crippen LogP contribution in [0.3, 0.4) is 0 Å². The van der Waals surface area contributed by atoms with Crippen molar-refractivity contribution < 1.29 is 4.74 Å². The molecule has 3 nitrogen and oxygen atoms in total. The molecule has 18 heavy (non-hydrogen) atoms. The summed E-state index contributed by atoms with van der Waals surface area (Å²) in [6.07, 6.45) is 10.2. The topological polar surface area (TPSA) is 24.5 Å². The summed E-state index contributed by atoms with van der Waals surface area (Å²) in [6, 6.07) is 1.30. The van der Waals surface area contributed by atoms with Crippen molar-refractivity contribution in [1.29, 1.82) is 0 Å². The Morgan fingerprint density at radius 2 is 1.94 bits per heavy atom. The highest BCUT2D eigenvalue weighted by Gasteiger charge is 2.38. The molecule has 3 heteroatoms. The molecule has 0 bridgehead atoms. The molecule has 1 saturated carbocycles. The SMILES string of the molecule is CNC(C1CCCCC1)C1CN2CCCC2CO1. The first-order chi connectivity index (χ1) is 8.88. The van der Waals surface area contributed by atoms with Gasteiger partial charge in [-0.25, -0.2) is 0 Å². The molecule has 3 atom stereocenters. The van der Waals surface area contributed by atoms with Crippen LogP contribution in [0.1, 0.15) is 44.9 Å². The Morgan fingerprint density at radius 1 is 1.11 bits per heavy atom. The Bertz CT molecular complexity index is 265. The minimum absolute atomic E-state index is 0.424. The van der Waals surface area contributed by atoms with Gasteiger partial charge in [0.2, 0.25) is 0 Å². The highest BCUT2D eigenvalue weighted by atomic mass is 16.5. The molecule has 2 aliphatic heterocycles. The van der Waals surface area contributed by atoms with Crippen molar-refractivity contribution in [3.63, 3.8) is 0 Å². The van der Waals surface area contributed by atoms with Gasteiger partial charge in [-0.15, -0.1) is 0 Å². The summed E-state index contributed by atoms with van der Waals surface area (Å²) in [6.45, 7) is 3.42. The second-order valence-corrected chi connectivity index (χ2v) is 6.38. The number of morpholine rings is 1. The van der Waals surface area contributed by atoms with Gasteiger partial charge in [-0.2, -0.15) is 0 Å². The van der Waals surface area contributed by atoms with E-state index >= 15 is 0 Å². The lowest BCUT2D eigenvalue weighted by atomic mass is 9.81. The van der Waals surface area contributed by atoms with E-state index in [1.165, 1.54) is 51.5 Å². The first kappa shape index (κ1) is 12.9. The van der Waals surface area contributed by atoms with Crippen molar-refractivity contribution in [3.05, 3.63) is 0 Å². The van der Waals surface area contributed by atoms with Gasteiger partial charge < -0.3 is 10.1 Å². The van der Waals surface area contributed by atoms with E-state index in [1.807, 2.05) is 0 Å². The van der Waals surface area contributed by atoms with Gasteiger partial charge in [0.15, 0.2) is 0 Å². The standard InChI is InChI=1S/C15H28N2O/c1-16-15(12-6-3-2-4-7-12)14-10-17-9-5-8-13(17)11-18-14/h12-16H,2-11H2,1H3. The zero-order valence-electron chi connectivity index (χ0n) is 11.7. The number of hydrogen-bond acceptors (Lipinski definition) is 3. The Labute approximate surface area is 111 Å². The van der Waals surface area contributed by atoms with Crippen molar-refractivity contribution in [2.75, 3.05) is 26.7 Å². The maximum absolute atomic E-state index is 6.19. The fourth-order valence-corrected chi connectivity index (χ4v) is 4.28. The van der Waals surface area contributed by atoms with E-state index in [2.05, 4.69) is 17.3 Å². The van der Waals surface area contributed by atoms with Crippen LogP contribution in [0.4, 0.5) is 0 Å². The van der Waals surface area contributed by atoms with Crippen molar-refractivity contribution in [3.8, 4) is 0 Å². The first-order valence-corrected chi connectivity index (χ1v) is 7.91. The second kappa shape index (κ2) is 5.89. The van der Waals surface area contributed by atoms with E-state index < -0.39 is 0 Å². The van der Waals surface area contributed by atoms with Crippen LogP contribution in [0.15, 0.2) is 0 Å². The van der Waals surface area contributed by atoms with Crippen LogP contribution in [-0.2, 0) is 4.74 Å². The Kier molecular flexibility index (Phi) is 4.22. The number of hydrogen-bond donors (Lipinski definition) is 1. The van der Waals surface area contributed by atoms with E-state index in [9.17, 15) is 0 Å². The molecule has 0 aromatic rings. The molecule has 1 N–H and O–H groups in total. The first-order valence-electron chi connectivity index (χ1n) is 7.91. The fourth-order valence-electron chi connectivity index (χ4n) is 4.28. The predicted octanol–water partition coefficient (Wildman–Crippen LogP) is 2.02. The van der Waals surface area contributed by atoms with Crippen molar-refractivity contribution in [1.82, 2.24) is 10.2 Å². The second-order valence-electron chi connectivity index (χ2n) is 6.38. The molecule has 3 unspecified atom stereocenters. The predicted molar refractivity (Wildman–Crippen MR) is 73.8 cm³/mol. The van der Waals surface area contributed by atoms with Gasteiger partial charge in [-0.05, 0) is 45.2 Å². The van der Waals surface area contributed by atoms with E-state index in [4.69, 9.17) is 4.74 Å². The molecule has 1 aliphatic carbocycles. The van der Waals surface area contributed by atoms with Crippen molar-refractivity contribution >= 4 is 0 Å². The number of ether oxygens (including phenoxy) is 1. The summed E-state index contributed by atoms with van der Waals surface area (Å²) >= 11 is 0. The Morgan fingerprint density at radius 3 is 2.72 bits per heavy atom. The highest BCUT2D eigenvalue weighted by Crippen LogP contribution is 2.31. The molecule has 0 radical (unpaired) electrons. The number of rotatable bonds is 3. The maximum Gasteiger partial charge on any atom is 0.0858 e. The van der Waals surface area contributed by atoms with Crippen molar-refractivity contribution in [2.24, 2.45) is 5.92 Å². The summed E-state index contributed by atoms with van der Waals surface area (Å²) in [5.41, 5.74) is 0. The van der Waals surface area contributed by atoms with Crippen LogP contribution >= 0.6 is 0 Å². The van der Waals surface area contributed by atoms with Gasteiger partial charge >= 0.3 is 0 Å². The van der Waals surface area contributed by atoms with Crippen LogP contribution in [0.2, 0.25) is 0 Å². The molecule has 2 saturated heterocycles. The largest absolute Gasteiger partial charge is 0.374 e. The van der Waals surface area contributed by atoms with Crippen LogP contribution in [0.5, 0.6) is 0 Å². The zero-order chi connectivity index (χ0) is 12.4. The molecule has 3 rings (SSSR count). The third-order valence-electron chi connectivity index (χ3n) is 5.31. The summed E-state index contributed by atoms with van der Waals surface area (Å²) in [4.78, 5) is 2.67. The highest BCUT2D eigenvalue weighted by molar-refractivity contribution is 4.92. The van der Waals surface area contributed by atoms with Crippen LogP contribution in [0, 0.1) is 5.92 Å². The molecule has 2 heterocycles. The van der Waals surface area contributed by atoms with Gasteiger partial charge in [0, 0.05) is 18.6 Å². The third kappa shape index (κ3) is 2.59. The van der Waals surface area contributed by atoms with Gasteiger partial charge in [-0.3, -0.25) is 4.90 Å². The monoisotopic (exact) mass is 252 g/mol. The van der Waals surface area contributed by atoms with Gasteiger partial charge in [0.25, 0.3) is 0 Å². The molecular formula is C15H28N2O. The lowest BCUT2D eigenvalue weighted by Crippen LogP contribution is -2.56. The summed E-state index contributed by atoms with van der Waals surface area (Å²) < 4.78 is 6.19. The molecule has 104 valence electrons. The minimum Gasteiger partial charge on any atom is -0.374 e. The van der Waals surface area contributed by atoms with Gasteiger partial charge in [0.05, 0.1) is 12.7 Å². The molecular weight excluding hydrogens is 224 g/mol. The van der Waals surface area contributed by atoms with Crippen LogP contribution in [0.25, 0.3) is 0 Å². The van der Waals surface area contributed by atoms with Crippen LogP contribution in [-0.4, -0.2) is 49.8 Å². The average molecular weight is 252 g/mol. The molecule has 0 amide bonds. The summed E-state index contributed by atoms with van der Waals surface area (Å²) in [5, 5.41) is 3.57. The lowest BCUT2D eigenvalue weighted by molar-refractivity contribution is -0.0746. The molecule has 3 aliphatic rings. The lowest BCUT2D eigenvalue weighted by Gasteiger charge is -2.42. The Hall–Kier alpha value is -0.120. The van der Waals surface area contributed by atoms with Crippen molar-refractivity contribution in [2.45, 2.75) is 63.1 Å². The zero-order valence-corrected chi connectivity index (χ0v) is 11.7. The average Bonchev–Trinajstić information content (AvgIpc) is 2.88. The fraction of sp³-hybridized carbons (Fsp3) is 1.00. The Balaban J connectivity index is 1.60. The smallest absolute Gasteiger partial charge is 0.0858 e. The van der Waals surface area contributed by atoms with E-state index in [1.54, 1.807) is 0 Å². The van der Waals surface area contributed by atoms with E-state index in [0.29, 0.717) is 12.1 Å². The maximum atomic E-state index is 6.19. The quantitative estimate of drug-likeness (QED) is 0.831. The summed E-state index contributed by atoms with van der Waals surface area (Å²) in [5.74, 6) is 0.841. The third-order valence-corrected chi connectivity index (χ3v) is 5.31. The van der Waals surface area contributed by atoms with Gasteiger partial charge in [0.1, 0.15) is 0 Å². The molecule has 0 spiro atoms. The van der Waals surface area contributed by atoms with E-state index in [-0.39, 0.29) is 0 Å². The normalized spacial score (nSPS) is 36.5. The molecule has 3 fully saturated rings. The van der Waals surface area contributed by atoms with Gasteiger partial charge in [-0.1, -0.05) is 19.3 Å². The molecule has 0 aromatic heterocycles. The van der Waals surface area contributed by atoms with E-state index in [0.717, 1.165) is 25.1 Å². The number of nitrogens with one attached hydrogen (secondary N) is 1.